The van der Waals surface area contributed by atoms with Crippen molar-refractivity contribution in [1.29, 1.82) is 0 Å². The van der Waals surface area contributed by atoms with Crippen molar-refractivity contribution in [2.45, 2.75) is 52.6 Å². The van der Waals surface area contributed by atoms with Gasteiger partial charge in [-0.15, -0.1) is 0 Å². The van der Waals surface area contributed by atoms with Gasteiger partial charge in [0.1, 0.15) is 0 Å². The average molecular weight is 429 g/mol. The molecule has 0 unspecified atom stereocenters. The summed E-state index contributed by atoms with van der Waals surface area (Å²) in [5, 5.41) is 11.8. The van der Waals surface area contributed by atoms with Crippen LogP contribution in [0.5, 0.6) is 6.01 Å². The van der Waals surface area contributed by atoms with E-state index in [1.165, 1.54) is 18.4 Å². The number of ether oxygens (including phenoxy) is 1. The highest BCUT2D eigenvalue weighted by molar-refractivity contribution is 5.69. The van der Waals surface area contributed by atoms with E-state index in [2.05, 4.69) is 33.9 Å². The fourth-order valence-electron chi connectivity index (χ4n) is 3.80. The fourth-order valence-corrected chi connectivity index (χ4v) is 3.80. The predicted molar refractivity (Wildman–Crippen MR) is 121 cm³/mol. The van der Waals surface area contributed by atoms with Gasteiger partial charge in [0.15, 0.2) is 0 Å². The minimum atomic E-state index is -0.515. The molecule has 0 atom stereocenters. The highest BCUT2D eigenvalue weighted by Gasteiger charge is 2.28. The van der Waals surface area contributed by atoms with E-state index in [0.29, 0.717) is 19.7 Å². The monoisotopic (exact) mass is 428 g/mol. The molecule has 9 heteroatoms. The number of anilines is 2. The number of nitrogens with two attached hydrogens (primary N) is 1. The standard InChI is InChI=1S/C22H32N6O3/c1-3-5-14-31-22-24-20(23)19(28(29)30)21(25-22)27(4-2)16-18-11-7-6-10-17(18)15-26-12-8-9-13-26/h6-7,10-11H,3-5,8-9,12-16H2,1-2H3,(H2,23,24,25). The molecule has 0 saturated carbocycles. The van der Waals surface area contributed by atoms with Gasteiger partial charge in [-0.1, -0.05) is 37.6 Å². The second-order valence-electron chi connectivity index (χ2n) is 7.79. The van der Waals surface area contributed by atoms with Crippen LogP contribution in [0.25, 0.3) is 0 Å². The number of unbranched alkanes of at least 4 members (excludes halogenated alkanes) is 1. The molecule has 2 aromatic rings. The molecule has 1 aromatic carbocycles. The normalized spacial score (nSPS) is 14.0. The lowest BCUT2D eigenvalue weighted by Gasteiger charge is -2.25. The smallest absolute Gasteiger partial charge is 0.353 e. The Morgan fingerprint density at radius 1 is 1.19 bits per heavy atom. The zero-order valence-electron chi connectivity index (χ0n) is 18.4. The highest BCUT2D eigenvalue weighted by Crippen LogP contribution is 2.34. The van der Waals surface area contributed by atoms with Crippen LogP contribution in [0.15, 0.2) is 24.3 Å². The summed E-state index contributed by atoms with van der Waals surface area (Å²) in [6, 6.07) is 8.32. The van der Waals surface area contributed by atoms with Crippen LogP contribution in [0, 0.1) is 10.1 Å². The van der Waals surface area contributed by atoms with Crippen LogP contribution < -0.4 is 15.4 Å². The number of likely N-dealkylation sites (tertiary alicyclic amines) is 1. The minimum Gasteiger partial charge on any atom is -0.463 e. The van der Waals surface area contributed by atoms with Crippen molar-refractivity contribution < 1.29 is 9.66 Å². The lowest BCUT2D eigenvalue weighted by Crippen LogP contribution is -2.27. The van der Waals surface area contributed by atoms with Crippen molar-refractivity contribution in [2.24, 2.45) is 0 Å². The largest absolute Gasteiger partial charge is 0.463 e. The molecular formula is C22H32N6O3. The first-order valence-electron chi connectivity index (χ1n) is 11.0. The van der Waals surface area contributed by atoms with E-state index >= 15 is 0 Å². The van der Waals surface area contributed by atoms with E-state index in [-0.39, 0.29) is 23.3 Å². The number of nitrogen functional groups attached to an aromatic ring is 1. The molecule has 0 bridgehead atoms. The van der Waals surface area contributed by atoms with Crippen molar-refractivity contribution in [3.63, 3.8) is 0 Å². The summed E-state index contributed by atoms with van der Waals surface area (Å²) in [7, 11) is 0. The lowest BCUT2D eigenvalue weighted by atomic mass is 10.1. The van der Waals surface area contributed by atoms with Gasteiger partial charge < -0.3 is 15.4 Å². The number of benzene rings is 1. The Morgan fingerprint density at radius 3 is 2.55 bits per heavy atom. The van der Waals surface area contributed by atoms with E-state index in [0.717, 1.165) is 38.0 Å². The molecule has 1 saturated heterocycles. The van der Waals surface area contributed by atoms with Gasteiger partial charge in [-0.25, -0.2) is 0 Å². The SMILES string of the molecule is CCCCOc1nc(N)c([N+](=O)[O-])c(N(CC)Cc2ccccc2CN2CCCC2)n1. The van der Waals surface area contributed by atoms with E-state index in [1.54, 1.807) is 0 Å². The molecule has 2 heterocycles. The Kier molecular flexibility index (Phi) is 8.00. The van der Waals surface area contributed by atoms with Crippen LogP contribution in [-0.2, 0) is 13.1 Å². The van der Waals surface area contributed by atoms with Crippen LogP contribution in [-0.4, -0.2) is 46.0 Å². The summed E-state index contributed by atoms with van der Waals surface area (Å²) in [4.78, 5) is 23.9. The number of nitrogens with zero attached hydrogens (tertiary/aromatic N) is 5. The van der Waals surface area contributed by atoms with Crippen molar-refractivity contribution in [3.8, 4) is 6.01 Å². The Morgan fingerprint density at radius 2 is 1.90 bits per heavy atom. The number of rotatable bonds is 11. The summed E-state index contributed by atoms with van der Waals surface area (Å²) >= 11 is 0. The third kappa shape index (κ3) is 5.81. The van der Waals surface area contributed by atoms with Crippen molar-refractivity contribution >= 4 is 17.3 Å². The molecule has 3 rings (SSSR count). The van der Waals surface area contributed by atoms with E-state index < -0.39 is 4.92 Å². The number of nitro groups is 1. The minimum absolute atomic E-state index is 0.0790. The van der Waals surface area contributed by atoms with Gasteiger partial charge in [0.05, 0.1) is 11.5 Å². The Balaban J connectivity index is 1.90. The predicted octanol–water partition coefficient (Wildman–Crippen LogP) is 3.77. The topological polar surface area (TPSA) is 111 Å². The molecule has 1 aliphatic rings. The van der Waals surface area contributed by atoms with Gasteiger partial charge >= 0.3 is 11.7 Å². The number of aromatic nitrogens is 2. The van der Waals surface area contributed by atoms with E-state index in [1.807, 2.05) is 24.0 Å². The highest BCUT2D eigenvalue weighted by atomic mass is 16.6. The first-order chi connectivity index (χ1) is 15.0. The van der Waals surface area contributed by atoms with Crippen LogP contribution in [0.4, 0.5) is 17.3 Å². The first-order valence-corrected chi connectivity index (χ1v) is 11.0. The van der Waals surface area contributed by atoms with Gasteiger partial charge in [-0.3, -0.25) is 15.0 Å². The van der Waals surface area contributed by atoms with Crippen LogP contribution in [0.1, 0.15) is 50.7 Å². The molecule has 168 valence electrons. The number of hydrogen-bond acceptors (Lipinski definition) is 8. The summed E-state index contributed by atoms with van der Waals surface area (Å²) in [5.41, 5.74) is 8.02. The third-order valence-electron chi connectivity index (χ3n) is 5.54. The van der Waals surface area contributed by atoms with Gasteiger partial charge in [0, 0.05) is 19.6 Å². The van der Waals surface area contributed by atoms with Gasteiger partial charge in [-0.2, -0.15) is 9.97 Å². The van der Waals surface area contributed by atoms with Crippen molar-refractivity contribution in [3.05, 3.63) is 45.5 Å². The van der Waals surface area contributed by atoms with Gasteiger partial charge in [-0.05, 0) is 50.4 Å². The molecule has 2 N–H and O–H groups in total. The third-order valence-corrected chi connectivity index (χ3v) is 5.54. The van der Waals surface area contributed by atoms with Gasteiger partial charge in [0.25, 0.3) is 0 Å². The summed E-state index contributed by atoms with van der Waals surface area (Å²) < 4.78 is 5.60. The van der Waals surface area contributed by atoms with Crippen molar-refractivity contribution in [2.75, 3.05) is 36.9 Å². The molecule has 0 aliphatic carbocycles. The summed E-state index contributed by atoms with van der Waals surface area (Å²) in [6.07, 6.45) is 4.27. The molecule has 0 amide bonds. The molecule has 0 spiro atoms. The molecule has 9 nitrogen and oxygen atoms in total. The quantitative estimate of drug-likeness (QED) is 0.327. The van der Waals surface area contributed by atoms with Crippen LogP contribution in [0.3, 0.4) is 0 Å². The number of hydrogen-bond donors (Lipinski definition) is 1. The molecule has 31 heavy (non-hydrogen) atoms. The van der Waals surface area contributed by atoms with Gasteiger partial charge in [0.2, 0.25) is 11.6 Å². The zero-order valence-corrected chi connectivity index (χ0v) is 18.4. The lowest BCUT2D eigenvalue weighted by molar-refractivity contribution is -0.383. The average Bonchev–Trinajstić information content (AvgIpc) is 3.25. The molecule has 1 fully saturated rings. The van der Waals surface area contributed by atoms with Crippen LogP contribution >= 0.6 is 0 Å². The molecule has 1 aromatic heterocycles. The molecule has 1 aliphatic heterocycles. The Hall–Kier alpha value is -2.94. The maximum absolute atomic E-state index is 11.8. The Labute approximate surface area is 183 Å². The second-order valence-corrected chi connectivity index (χ2v) is 7.79. The first kappa shape index (κ1) is 22.7. The summed E-state index contributed by atoms with van der Waals surface area (Å²) in [6.45, 7) is 8.57. The summed E-state index contributed by atoms with van der Waals surface area (Å²) in [5.74, 6) is 0.0211. The molecular weight excluding hydrogens is 396 g/mol. The maximum Gasteiger partial charge on any atom is 0.353 e. The van der Waals surface area contributed by atoms with E-state index in [4.69, 9.17) is 10.5 Å². The Bertz CT molecular complexity index is 886. The maximum atomic E-state index is 11.8. The second kappa shape index (κ2) is 10.9. The van der Waals surface area contributed by atoms with E-state index in [9.17, 15) is 10.1 Å². The fraction of sp³-hybridized carbons (Fsp3) is 0.545. The zero-order chi connectivity index (χ0) is 22.2. The van der Waals surface area contributed by atoms with Crippen molar-refractivity contribution in [1.82, 2.24) is 14.9 Å². The van der Waals surface area contributed by atoms with Crippen LogP contribution in [0.2, 0.25) is 0 Å². The molecule has 0 radical (unpaired) electrons.